The highest BCUT2D eigenvalue weighted by atomic mass is 79.9. The Hall–Kier alpha value is -1.81. The molecule has 0 saturated carbocycles. The number of anilines is 2. The molecule has 0 heterocycles. The summed E-state index contributed by atoms with van der Waals surface area (Å²) in [6.45, 7) is 5.89. The minimum Gasteiger partial charge on any atom is -0.374 e. The number of hydrogen-bond donors (Lipinski definition) is 2. The third-order valence-corrected chi connectivity index (χ3v) is 3.87. The van der Waals surface area contributed by atoms with Crippen LogP contribution in [0.5, 0.6) is 0 Å². The molecular formula is C17H19BrN2O. The van der Waals surface area contributed by atoms with E-state index in [4.69, 9.17) is 0 Å². The van der Waals surface area contributed by atoms with Crippen LogP contribution in [0.1, 0.15) is 18.1 Å². The normalized spacial score (nSPS) is 11.8. The Kier molecular flexibility index (Phi) is 5.02. The molecule has 2 aromatic carbocycles. The lowest BCUT2D eigenvalue weighted by Crippen LogP contribution is -2.31. The Morgan fingerprint density at radius 3 is 2.29 bits per heavy atom. The van der Waals surface area contributed by atoms with Gasteiger partial charge in [0.05, 0.1) is 5.69 Å². The predicted octanol–water partition coefficient (Wildman–Crippen LogP) is 4.51. The fraction of sp³-hybridized carbons (Fsp3) is 0.235. The highest BCUT2D eigenvalue weighted by molar-refractivity contribution is 9.10. The molecule has 1 atom stereocenters. The first kappa shape index (κ1) is 15.6. The highest BCUT2D eigenvalue weighted by Crippen LogP contribution is 2.23. The lowest BCUT2D eigenvalue weighted by atomic mass is 10.2. The second kappa shape index (κ2) is 6.76. The van der Waals surface area contributed by atoms with Gasteiger partial charge >= 0.3 is 0 Å². The number of rotatable bonds is 4. The number of carbonyl (C=O) groups is 1. The van der Waals surface area contributed by atoms with Crippen LogP contribution in [0.2, 0.25) is 0 Å². The molecule has 0 aromatic heterocycles. The molecule has 4 heteroatoms. The maximum atomic E-state index is 12.2. The third-order valence-electron chi connectivity index (χ3n) is 3.21. The summed E-state index contributed by atoms with van der Waals surface area (Å²) in [6, 6.07) is 13.5. The van der Waals surface area contributed by atoms with Crippen LogP contribution >= 0.6 is 15.9 Å². The molecule has 0 fully saturated rings. The van der Waals surface area contributed by atoms with Crippen molar-refractivity contribution < 1.29 is 4.79 Å². The van der Waals surface area contributed by atoms with E-state index in [1.165, 1.54) is 5.56 Å². The summed E-state index contributed by atoms with van der Waals surface area (Å²) >= 11 is 3.46. The van der Waals surface area contributed by atoms with Gasteiger partial charge in [0.15, 0.2) is 0 Å². The third kappa shape index (κ3) is 4.33. The smallest absolute Gasteiger partial charge is 0.246 e. The maximum Gasteiger partial charge on any atom is 0.246 e. The molecule has 21 heavy (non-hydrogen) atoms. The number of hydrogen-bond acceptors (Lipinski definition) is 2. The first-order valence-corrected chi connectivity index (χ1v) is 7.65. The molecular weight excluding hydrogens is 328 g/mol. The SMILES string of the molecule is Cc1ccc(NC(C)C(=O)Nc2ccc(C)cc2Br)cc1. The standard InChI is InChI=1S/C17H19BrN2O/c1-11-4-7-14(8-5-11)19-13(3)17(21)20-16-9-6-12(2)10-15(16)18/h4-10,13,19H,1-3H3,(H,20,21). The van der Waals surface area contributed by atoms with E-state index < -0.39 is 0 Å². The van der Waals surface area contributed by atoms with Gasteiger partial charge in [0, 0.05) is 10.2 Å². The van der Waals surface area contributed by atoms with Gasteiger partial charge < -0.3 is 10.6 Å². The summed E-state index contributed by atoms with van der Waals surface area (Å²) in [6.07, 6.45) is 0. The summed E-state index contributed by atoms with van der Waals surface area (Å²) in [4.78, 5) is 12.2. The van der Waals surface area contributed by atoms with E-state index in [1.807, 2.05) is 63.2 Å². The van der Waals surface area contributed by atoms with Crippen molar-refractivity contribution in [1.82, 2.24) is 0 Å². The predicted molar refractivity (Wildman–Crippen MR) is 91.8 cm³/mol. The van der Waals surface area contributed by atoms with Crippen LogP contribution < -0.4 is 10.6 Å². The highest BCUT2D eigenvalue weighted by Gasteiger charge is 2.14. The van der Waals surface area contributed by atoms with E-state index in [1.54, 1.807) is 0 Å². The van der Waals surface area contributed by atoms with E-state index >= 15 is 0 Å². The Morgan fingerprint density at radius 2 is 1.67 bits per heavy atom. The zero-order chi connectivity index (χ0) is 15.4. The Morgan fingerprint density at radius 1 is 1.05 bits per heavy atom. The van der Waals surface area contributed by atoms with Gasteiger partial charge in [-0.1, -0.05) is 23.8 Å². The molecule has 1 unspecified atom stereocenters. The molecule has 1 amide bonds. The van der Waals surface area contributed by atoms with Crippen molar-refractivity contribution in [3.8, 4) is 0 Å². The lowest BCUT2D eigenvalue weighted by Gasteiger charge is -2.16. The van der Waals surface area contributed by atoms with Gasteiger partial charge in [-0.15, -0.1) is 0 Å². The Bertz CT molecular complexity index is 638. The fourth-order valence-electron chi connectivity index (χ4n) is 1.93. The number of amides is 1. The van der Waals surface area contributed by atoms with E-state index in [0.29, 0.717) is 0 Å². The zero-order valence-corrected chi connectivity index (χ0v) is 14.0. The molecule has 2 N–H and O–H groups in total. The van der Waals surface area contributed by atoms with Crippen molar-refractivity contribution in [1.29, 1.82) is 0 Å². The first-order chi connectivity index (χ1) is 9.95. The monoisotopic (exact) mass is 346 g/mol. The van der Waals surface area contributed by atoms with Gasteiger partial charge in [0.25, 0.3) is 0 Å². The first-order valence-electron chi connectivity index (χ1n) is 6.86. The average molecular weight is 347 g/mol. The van der Waals surface area contributed by atoms with Crippen LogP contribution in [0.3, 0.4) is 0 Å². The molecule has 0 saturated heterocycles. The number of nitrogens with one attached hydrogen (secondary N) is 2. The van der Waals surface area contributed by atoms with Crippen LogP contribution in [-0.4, -0.2) is 11.9 Å². The van der Waals surface area contributed by atoms with Gasteiger partial charge in [-0.25, -0.2) is 0 Å². The van der Waals surface area contributed by atoms with Crippen molar-refractivity contribution in [3.05, 3.63) is 58.1 Å². The quantitative estimate of drug-likeness (QED) is 0.855. The van der Waals surface area contributed by atoms with Crippen LogP contribution in [0.15, 0.2) is 46.9 Å². The van der Waals surface area contributed by atoms with Gasteiger partial charge in [-0.05, 0) is 66.5 Å². The van der Waals surface area contributed by atoms with Crippen molar-refractivity contribution in [3.63, 3.8) is 0 Å². The topological polar surface area (TPSA) is 41.1 Å². The Balaban J connectivity index is 2.00. The van der Waals surface area contributed by atoms with Crippen LogP contribution in [-0.2, 0) is 4.79 Å². The second-order valence-corrected chi connectivity index (χ2v) is 6.06. The van der Waals surface area contributed by atoms with Gasteiger partial charge in [-0.3, -0.25) is 4.79 Å². The Labute approximate surface area is 133 Å². The van der Waals surface area contributed by atoms with Crippen molar-refractivity contribution in [2.24, 2.45) is 0 Å². The fourth-order valence-corrected chi connectivity index (χ4v) is 2.52. The summed E-state index contributed by atoms with van der Waals surface area (Å²) in [5, 5.41) is 6.11. The van der Waals surface area contributed by atoms with Crippen molar-refractivity contribution in [2.75, 3.05) is 10.6 Å². The summed E-state index contributed by atoms with van der Waals surface area (Å²) in [5.74, 6) is -0.0693. The van der Waals surface area contributed by atoms with Crippen molar-refractivity contribution in [2.45, 2.75) is 26.8 Å². The summed E-state index contributed by atoms with van der Waals surface area (Å²) < 4.78 is 0.887. The molecule has 0 bridgehead atoms. The molecule has 0 aliphatic heterocycles. The zero-order valence-electron chi connectivity index (χ0n) is 12.4. The van der Waals surface area contributed by atoms with E-state index in [9.17, 15) is 4.79 Å². The summed E-state index contributed by atoms with van der Waals surface area (Å²) in [7, 11) is 0. The minimum absolute atomic E-state index is 0.0693. The van der Waals surface area contributed by atoms with E-state index in [2.05, 4.69) is 26.6 Å². The minimum atomic E-state index is -0.319. The van der Waals surface area contributed by atoms with E-state index in [0.717, 1.165) is 21.4 Å². The molecule has 2 aromatic rings. The molecule has 0 spiro atoms. The molecule has 3 nitrogen and oxygen atoms in total. The number of aryl methyl sites for hydroxylation is 2. The second-order valence-electron chi connectivity index (χ2n) is 5.20. The molecule has 110 valence electrons. The maximum absolute atomic E-state index is 12.2. The van der Waals surface area contributed by atoms with Crippen LogP contribution in [0.25, 0.3) is 0 Å². The molecule has 2 rings (SSSR count). The van der Waals surface area contributed by atoms with E-state index in [-0.39, 0.29) is 11.9 Å². The van der Waals surface area contributed by atoms with Gasteiger partial charge in [0.1, 0.15) is 6.04 Å². The van der Waals surface area contributed by atoms with Gasteiger partial charge in [0.2, 0.25) is 5.91 Å². The average Bonchev–Trinajstić information content (AvgIpc) is 2.44. The lowest BCUT2D eigenvalue weighted by molar-refractivity contribution is -0.116. The van der Waals surface area contributed by atoms with Crippen LogP contribution in [0, 0.1) is 13.8 Å². The number of halogens is 1. The van der Waals surface area contributed by atoms with Crippen LogP contribution in [0.4, 0.5) is 11.4 Å². The largest absolute Gasteiger partial charge is 0.374 e. The number of carbonyl (C=O) groups excluding carboxylic acids is 1. The van der Waals surface area contributed by atoms with Gasteiger partial charge in [-0.2, -0.15) is 0 Å². The molecule has 0 radical (unpaired) electrons. The summed E-state index contributed by atoms with van der Waals surface area (Å²) in [5.41, 5.74) is 4.06. The molecule has 0 aliphatic carbocycles. The molecule has 0 aliphatic rings. The number of benzene rings is 2. The van der Waals surface area contributed by atoms with Crippen molar-refractivity contribution >= 4 is 33.2 Å².